The maximum absolute atomic E-state index is 12.0. The van der Waals surface area contributed by atoms with Gasteiger partial charge in [0.15, 0.2) is 0 Å². The number of para-hydroxylation sites is 1. The molecule has 0 aliphatic heterocycles. The summed E-state index contributed by atoms with van der Waals surface area (Å²) in [5.74, 6) is -0.0878. The van der Waals surface area contributed by atoms with Crippen molar-refractivity contribution in [2.24, 2.45) is 0 Å². The van der Waals surface area contributed by atoms with Gasteiger partial charge in [-0.15, -0.1) is 0 Å². The highest BCUT2D eigenvalue weighted by atomic mass is 35.5. The SMILES string of the molecule is Cc1nc(SCC(=O)NNC(=O)c2ccccc2Cl)c2ccccc2n1. The maximum atomic E-state index is 12.0. The molecule has 0 saturated heterocycles. The monoisotopic (exact) mass is 386 g/mol. The summed E-state index contributed by atoms with van der Waals surface area (Å²) in [6.07, 6.45) is 0. The largest absolute Gasteiger partial charge is 0.272 e. The van der Waals surface area contributed by atoms with Gasteiger partial charge in [0.25, 0.3) is 5.91 Å². The van der Waals surface area contributed by atoms with Gasteiger partial charge in [0.2, 0.25) is 5.91 Å². The van der Waals surface area contributed by atoms with Crippen molar-refractivity contribution in [3.05, 3.63) is 64.9 Å². The minimum absolute atomic E-state index is 0.100. The second-order valence-electron chi connectivity index (χ2n) is 5.36. The van der Waals surface area contributed by atoms with E-state index in [0.717, 1.165) is 15.9 Å². The molecule has 0 atom stereocenters. The fourth-order valence-corrected chi connectivity index (χ4v) is 3.36. The minimum atomic E-state index is -0.475. The summed E-state index contributed by atoms with van der Waals surface area (Å²) < 4.78 is 0. The summed E-state index contributed by atoms with van der Waals surface area (Å²) in [7, 11) is 0. The number of carbonyl (C=O) groups excluding carboxylic acids is 2. The van der Waals surface area contributed by atoms with Crippen LogP contribution < -0.4 is 10.9 Å². The van der Waals surface area contributed by atoms with Crippen LogP contribution in [0.2, 0.25) is 5.02 Å². The average Bonchev–Trinajstić information content (AvgIpc) is 2.64. The molecule has 2 amide bonds. The normalized spacial score (nSPS) is 10.5. The van der Waals surface area contributed by atoms with Crippen LogP contribution in [-0.2, 0) is 4.79 Å². The smallest absolute Gasteiger partial charge is 0.271 e. The number of fused-ring (bicyclic) bond motifs is 1. The van der Waals surface area contributed by atoms with Crippen molar-refractivity contribution in [1.29, 1.82) is 0 Å². The number of nitrogens with one attached hydrogen (secondary N) is 2. The van der Waals surface area contributed by atoms with Gasteiger partial charge in [0.1, 0.15) is 10.9 Å². The van der Waals surface area contributed by atoms with Gasteiger partial charge in [-0.3, -0.25) is 20.4 Å². The Hall–Kier alpha value is -2.64. The molecule has 0 saturated carbocycles. The lowest BCUT2D eigenvalue weighted by Crippen LogP contribution is -2.42. The number of hydrazine groups is 1. The van der Waals surface area contributed by atoms with Gasteiger partial charge in [0, 0.05) is 5.39 Å². The van der Waals surface area contributed by atoms with Crippen molar-refractivity contribution < 1.29 is 9.59 Å². The molecule has 2 aromatic carbocycles. The number of hydrogen-bond acceptors (Lipinski definition) is 5. The van der Waals surface area contributed by atoms with Gasteiger partial charge >= 0.3 is 0 Å². The van der Waals surface area contributed by atoms with Crippen molar-refractivity contribution >= 4 is 46.1 Å². The number of thioether (sulfide) groups is 1. The molecular formula is C18H15ClN4O2S. The Bertz CT molecular complexity index is 980. The lowest BCUT2D eigenvalue weighted by Gasteiger charge is -2.09. The van der Waals surface area contributed by atoms with E-state index in [0.29, 0.717) is 16.4 Å². The van der Waals surface area contributed by atoms with E-state index in [1.807, 2.05) is 24.3 Å². The van der Waals surface area contributed by atoms with Crippen LogP contribution in [0.5, 0.6) is 0 Å². The molecule has 0 fully saturated rings. The molecule has 0 aliphatic rings. The Morgan fingerprint density at radius 1 is 1.04 bits per heavy atom. The van der Waals surface area contributed by atoms with E-state index in [1.54, 1.807) is 31.2 Å². The number of rotatable bonds is 4. The van der Waals surface area contributed by atoms with Gasteiger partial charge in [-0.2, -0.15) is 0 Å². The molecule has 0 radical (unpaired) electrons. The Balaban J connectivity index is 1.60. The number of halogens is 1. The van der Waals surface area contributed by atoms with E-state index in [1.165, 1.54) is 11.8 Å². The third-order valence-electron chi connectivity index (χ3n) is 3.45. The number of aromatic nitrogens is 2. The second kappa shape index (κ2) is 8.16. The Morgan fingerprint density at radius 3 is 2.58 bits per heavy atom. The Kier molecular flexibility index (Phi) is 5.70. The number of aryl methyl sites for hydroxylation is 1. The summed E-state index contributed by atoms with van der Waals surface area (Å²) in [5.41, 5.74) is 5.85. The lowest BCUT2D eigenvalue weighted by atomic mass is 10.2. The fourth-order valence-electron chi connectivity index (χ4n) is 2.28. The molecule has 6 nitrogen and oxygen atoms in total. The summed E-state index contributed by atoms with van der Waals surface area (Å²) in [4.78, 5) is 32.8. The number of benzene rings is 2. The zero-order valence-corrected chi connectivity index (χ0v) is 15.4. The van der Waals surface area contributed by atoms with Crippen LogP contribution >= 0.6 is 23.4 Å². The Morgan fingerprint density at radius 2 is 1.77 bits per heavy atom. The van der Waals surface area contributed by atoms with Crippen LogP contribution in [0, 0.1) is 6.92 Å². The second-order valence-corrected chi connectivity index (χ2v) is 6.74. The zero-order chi connectivity index (χ0) is 18.5. The van der Waals surface area contributed by atoms with Crippen molar-refractivity contribution in [3.63, 3.8) is 0 Å². The Labute approximate surface area is 159 Å². The van der Waals surface area contributed by atoms with Gasteiger partial charge in [-0.25, -0.2) is 9.97 Å². The van der Waals surface area contributed by atoms with Gasteiger partial charge in [-0.1, -0.05) is 53.7 Å². The molecule has 3 rings (SSSR count). The number of carbonyl (C=O) groups is 2. The lowest BCUT2D eigenvalue weighted by molar-refractivity contribution is -0.119. The molecule has 26 heavy (non-hydrogen) atoms. The van der Waals surface area contributed by atoms with E-state index in [-0.39, 0.29) is 11.7 Å². The topological polar surface area (TPSA) is 84.0 Å². The van der Waals surface area contributed by atoms with E-state index in [9.17, 15) is 9.59 Å². The quantitative estimate of drug-likeness (QED) is 0.409. The minimum Gasteiger partial charge on any atom is -0.272 e. The van der Waals surface area contributed by atoms with Crippen LogP contribution in [0.3, 0.4) is 0 Å². The molecule has 1 aromatic heterocycles. The predicted octanol–water partition coefficient (Wildman–Crippen LogP) is 3.14. The van der Waals surface area contributed by atoms with Crippen LogP contribution in [0.4, 0.5) is 0 Å². The summed E-state index contributed by atoms with van der Waals surface area (Å²) in [6, 6.07) is 14.2. The van der Waals surface area contributed by atoms with Crippen molar-refractivity contribution in [1.82, 2.24) is 20.8 Å². The summed E-state index contributed by atoms with van der Waals surface area (Å²) in [5, 5.41) is 1.92. The van der Waals surface area contributed by atoms with Gasteiger partial charge in [-0.05, 0) is 25.1 Å². The number of nitrogens with zero attached hydrogens (tertiary/aromatic N) is 2. The van der Waals surface area contributed by atoms with Crippen LogP contribution in [-0.4, -0.2) is 27.5 Å². The summed E-state index contributed by atoms with van der Waals surface area (Å²) in [6.45, 7) is 1.81. The molecule has 0 bridgehead atoms. The van der Waals surface area contributed by atoms with Crippen LogP contribution in [0.15, 0.2) is 53.6 Å². The standard InChI is InChI=1S/C18H15ClN4O2S/c1-11-20-15-9-5-3-7-13(15)18(21-11)26-10-16(24)22-23-17(25)12-6-2-4-8-14(12)19/h2-9H,10H2,1H3,(H,22,24)(H,23,25). The highest BCUT2D eigenvalue weighted by Gasteiger charge is 2.12. The molecule has 132 valence electrons. The third kappa shape index (κ3) is 4.30. The number of amides is 2. The highest BCUT2D eigenvalue weighted by molar-refractivity contribution is 8.00. The first-order chi connectivity index (χ1) is 12.5. The maximum Gasteiger partial charge on any atom is 0.271 e. The van der Waals surface area contributed by atoms with E-state index in [2.05, 4.69) is 20.8 Å². The van der Waals surface area contributed by atoms with E-state index < -0.39 is 5.91 Å². The zero-order valence-electron chi connectivity index (χ0n) is 13.8. The van der Waals surface area contributed by atoms with E-state index >= 15 is 0 Å². The van der Waals surface area contributed by atoms with Crippen LogP contribution in [0.25, 0.3) is 10.9 Å². The van der Waals surface area contributed by atoms with Crippen molar-refractivity contribution in [2.45, 2.75) is 11.9 Å². The van der Waals surface area contributed by atoms with Gasteiger partial charge in [0.05, 0.1) is 21.9 Å². The molecule has 0 aliphatic carbocycles. The molecule has 2 N–H and O–H groups in total. The average molecular weight is 387 g/mol. The molecular weight excluding hydrogens is 372 g/mol. The molecule has 3 aromatic rings. The van der Waals surface area contributed by atoms with Crippen LogP contribution in [0.1, 0.15) is 16.2 Å². The first-order valence-electron chi connectivity index (χ1n) is 7.74. The first kappa shape index (κ1) is 18.2. The summed E-state index contributed by atoms with van der Waals surface area (Å²) >= 11 is 7.24. The molecule has 0 unspecified atom stereocenters. The molecule has 1 heterocycles. The highest BCUT2D eigenvalue weighted by Crippen LogP contribution is 2.24. The van der Waals surface area contributed by atoms with E-state index in [4.69, 9.17) is 11.6 Å². The predicted molar refractivity (Wildman–Crippen MR) is 102 cm³/mol. The van der Waals surface area contributed by atoms with Gasteiger partial charge < -0.3 is 0 Å². The molecule has 0 spiro atoms. The first-order valence-corrected chi connectivity index (χ1v) is 9.11. The fraction of sp³-hybridized carbons (Fsp3) is 0.111. The van der Waals surface area contributed by atoms with Crippen molar-refractivity contribution in [2.75, 3.05) is 5.75 Å². The number of hydrogen-bond donors (Lipinski definition) is 2. The molecule has 8 heteroatoms. The van der Waals surface area contributed by atoms with Crippen molar-refractivity contribution in [3.8, 4) is 0 Å². The third-order valence-corrected chi connectivity index (χ3v) is 4.77.